The molecule has 0 aromatic heterocycles. The summed E-state index contributed by atoms with van der Waals surface area (Å²) in [6.07, 6.45) is 0. The van der Waals surface area contributed by atoms with Crippen LogP contribution < -0.4 is 4.70 Å². The van der Waals surface area contributed by atoms with Crippen LogP contribution in [-0.2, 0) is 0 Å². The second kappa shape index (κ2) is 10.1. The van der Waals surface area contributed by atoms with Crippen molar-refractivity contribution < 1.29 is 16.2 Å². The van der Waals surface area contributed by atoms with Gasteiger partial charge >= 0.3 is 32.1 Å². The first-order valence-electron chi connectivity index (χ1n) is 7.24. The summed E-state index contributed by atoms with van der Waals surface area (Å²) in [5, 5.41) is 0. The van der Waals surface area contributed by atoms with Crippen molar-refractivity contribution in [1.29, 1.82) is 0 Å². The minimum absolute atomic E-state index is 0. The molecule has 0 unspecified atom stereocenters. The Labute approximate surface area is 150 Å². The van der Waals surface area contributed by atoms with E-state index in [1.165, 1.54) is 22.6 Å². The first-order chi connectivity index (χ1) is 11.4. The summed E-state index contributed by atoms with van der Waals surface area (Å²) in [4.78, 5) is 0. The van der Waals surface area contributed by atoms with E-state index in [0.717, 1.165) is 0 Å². The molecule has 0 aliphatic carbocycles. The summed E-state index contributed by atoms with van der Waals surface area (Å²) in [5.41, 5.74) is 3.75. The van der Waals surface area contributed by atoms with Crippen LogP contribution in [0.5, 0.6) is 0 Å². The molecular formula is C19H15F5Sn. The third-order valence-corrected chi connectivity index (χ3v) is 3.19. The quantitative estimate of drug-likeness (QED) is 0.246. The molecule has 0 aliphatic heterocycles. The molecule has 0 nitrogen and oxygen atoms in total. The Kier molecular flexibility index (Phi) is 8.48. The van der Waals surface area contributed by atoms with Crippen molar-refractivity contribution in [2.24, 2.45) is 0 Å². The van der Waals surface area contributed by atoms with E-state index < -0.39 is 20.7 Å². The van der Waals surface area contributed by atoms with Gasteiger partial charge in [-0.05, 0) is 72.8 Å². The molecule has 0 atom stereocenters. The minimum Gasteiger partial charge on any atom is -0.0511 e. The van der Waals surface area contributed by atoms with Crippen molar-refractivity contribution >= 4 is 20.7 Å². The van der Waals surface area contributed by atoms with E-state index in [9.17, 15) is 11.5 Å². The molecule has 25 heavy (non-hydrogen) atoms. The molecule has 3 aromatic rings. The molecule has 0 bridgehead atoms. The summed E-state index contributed by atoms with van der Waals surface area (Å²) < 4.78 is 39.6. The number of halogens is 5. The van der Waals surface area contributed by atoms with Gasteiger partial charge in [-0.25, -0.2) is 0 Å². The zero-order chi connectivity index (χ0) is 17.4. The van der Waals surface area contributed by atoms with Crippen LogP contribution in [0.15, 0.2) is 91.0 Å². The van der Waals surface area contributed by atoms with E-state index in [1.807, 2.05) is 0 Å². The molecule has 0 radical (unpaired) electrons. The van der Waals surface area contributed by atoms with Gasteiger partial charge in [0.25, 0.3) is 0 Å². The van der Waals surface area contributed by atoms with Gasteiger partial charge in [-0.15, -0.1) is 0 Å². The Morgan fingerprint density at radius 3 is 0.880 bits per heavy atom. The van der Waals surface area contributed by atoms with Crippen LogP contribution in [0.25, 0.3) is 0 Å². The molecule has 0 amide bonds. The van der Waals surface area contributed by atoms with Gasteiger partial charge in [-0.2, -0.15) is 0 Å². The molecule has 6 heteroatoms. The summed E-state index contributed by atoms with van der Waals surface area (Å²) in [5.74, 6) is 1.28. The molecule has 130 valence electrons. The number of hydrogen-bond acceptors (Lipinski definition) is 0. The molecule has 0 aliphatic rings. The minimum atomic E-state index is -7.18. The Hall–Kier alpha value is -2.02. The van der Waals surface area contributed by atoms with Gasteiger partial charge in [0, 0.05) is 0 Å². The van der Waals surface area contributed by atoms with E-state index >= 15 is 0 Å². The van der Waals surface area contributed by atoms with Gasteiger partial charge in [-0.1, -0.05) is 18.2 Å². The van der Waals surface area contributed by atoms with Crippen LogP contribution in [0.3, 0.4) is 0 Å². The molecule has 0 saturated carbocycles. The summed E-state index contributed by atoms with van der Waals surface area (Å²) in [7, 11) is 0. The number of hydrogen-bond donors (Lipinski definition) is 0. The molecule has 0 N–H and O–H groups in total. The average Bonchev–Trinajstić information content (AvgIpc) is 2.57. The van der Waals surface area contributed by atoms with Crippen LogP contribution in [0.2, 0.25) is 0 Å². The van der Waals surface area contributed by atoms with Crippen LogP contribution in [0.1, 0.15) is 16.7 Å². The maximum Gasteiger partial charge on any atom is 0.0631 e. The largest absolute Gasteiger partial charge is 0.0631 e. The van der Waals surface area contributed by atoms with Crippen molar-refractivity contribution in [1.82, 2.24) is 0 Å². The maximum absolute atomic E-state index is 9.90. The van der Waals surface area contributed by atoms with Crippen molar-refractivity contribution in [3.05, 3.63) is 114 Å². The van der Waals surface area contributed by atoms with Gasteiger partial charge in [0.15, 0.2) is 0 Å². The van der Waals surface area contributed by atoms with Gasteiger partial charge in [0.2, 0.25) is 0 Å². The van der Waals surface area contributed by atoms with Crippen molar-refractivity contribution in [3.63, 3.8) is 0 Å². The molecule has 0 spiro atoms. The van der Waals surface area contributed by atoms with Gasteiger partial charge in [0.05, 0.1) is 22.6 Å². The maximum atomic E-state index is 9.90. The molecule has 0 fully saturated rings. The fourth-order valence-corrected chi connectivity index (χ4v) is 2.31. The summed E-state index contributed by atoms with van der Waals surface area (Å²) in [6.45, 7) is 0. The standard InChI is InChI=1S/C19H15.5FH.Sn/c1-4-10-16(11-5-1)19(17-12-6-2-7-13-17)18-14-8-3-9-15-18;;;;;;/h1-15H;5*1H;/q+1;;;;;;+4/p-5. The molecule has 3 rings (SSSR count). The first kappa shape index (κ1) is 21.0. The Morgan fingerprint density at radius 2 is 0.680 bits per heavy atom. The fourth-order valence-electron chi connectivity index (χ4n) is 2.31. The van der Waals surface area contributed by atoms with Crippen molar-refractivity contribution in [3.8, 4) is 0 Å². The summed E-state index contributed by atoms with van der Waals surface area (Å²) >= 11 is -7.18. The van der Waals surface area contributed by atoms with Crippen LogP contribution in [0, 0.1) is 5.92 Å². The van der Waals surface area contributed by atoms with E-state index in [1.54, 1.807) is 0 Å². The van der Waals surface area contributed by atoms with Crippen LogP contribution in [0.4, 0.5) is 11.5 Å². The molecular weight excluding hydrogens is 442 g/mol. The molecule has 3 aromatic carbocycles. The van der Waals surface area contributed by atoms with Gasteiger partial charge in [0.1, 0.15) is 0 Å². The van der Waals surface area contributed by atoms with Crippen molar-refractivity contribution in [2.45, 2.75) is 0 Å². The van der Waals surface area contributed by atoms with E-state index in [-0.39, 0.29) is 4.70 Å². The fraction of sp³-hybridized carbons (Fsp3) is 0. The van der Waals surface area contributed by atoms with Gasteiger partial charge < -0.3 is 4.70 Å². The summed E-state index contributed by atoms with van der Waals surface area (Å²) in [6, 6.07) is 31.6. The molecule has 0 heterocycles. The molecule has 0 saturated heterocycles. The Balaban J connectivity index is 0.000000462. The normalized spacial score (nSPS) is 10.1. The topological polar surface area (TPSA) is 0 Å². The average molecular weight is 457 g/mol. The predicted molar refractivity (Wildman–Crippen MR) is 90.1 cm³/mol. The Bertz CT molecular complexity index is 615. The van der Waals surface area contributed by atoms with Crippen LogP contribution in [-0.4, -0.2) is 20.7 Å². The SMILES string of the molecule is [F-].[F][Sn]([F])([F])[F].c1ccc([C+](c2ccccc2)c2ccccc2)cc1. The second-order valence-electron chi connectivity index (χ2n) is 4.90. The third-order valence-electron chi connectivity index (χ3n) is 3.19. The van der Waals surface area contributed by atoms with E-state index in [4.69, 9.17) is 0 Å². The smallest absolute Gasteiger partial charge is 0.0511 e. The van der Waals surface area contributed by atoms with E-state index in [0.29, 0.717) is 0 Å². The first-order valence-corrected chi connectivity index (χ1v) is 11.6. The van der Waals surface area contributed by atoms with Crippen LogP contribution >= 0.6 is 0 Å². The zero-order valence-corrected chi connectivity index (χ0v) is 15.9. The number of rotatable bonds is 3. The zero-order valence-electron chi connectivity index (χ0n) is 13.1. The van der Waals surface area contributed by atoms with Gasteiger partial charge in [-0.3, -0.25) is 0 Å². The van der Waals surface area contributed by atoms with Crippen molar-refractivity contribution in [2.75, 3.05) is 0 Å². The second-order valence-corrected chi connectivity index (χ2v) is 7.35. The number of benzene rings is 3. The third kappa shape index (κ3) is 7.60. The van der Waals surface area contributed by atoms with E-state index in [2.05, 4.69) is 91.0 Å². The Morgan fingerprint density at radius 1 is 0.480 bits per heavy atom. The predicted octanol–water partition coefficient (Wildman–Crippen LogP) is 3.01. The monoisotopic (exact) mass is 458 g/mol.